The molecule has 0 atom stereocenters. The van der Waals surface area contributed by atoms with E-state index in [-0.39, 0.29) is 0 Å². The largest absolute Gasteiger partial charge is 0.493 e. The first-order valence-electron chi connectivity index (χ1n) is 7.68. The van der Waals surface area contributed by atoms with Crippen LogP contribution in [0.3, 0.4) is 0 Å². The molecule has 2 aromatic rings. The molecule has 0 bridgehead atoms. The van der Waals surface area contributed by atoms with Crippen molar-refractivity contribution in [3.05, 3.63) is 32.8 Å². The third-order valence-corrected chi connectivity index (χ3v) is 4.53. The molecule has 8 heteroatoms. The molecule has 0 aliphatic heterocycles. The lowest BCUT2D eigenvalue weighted by Gasteiger charge is -2.12. The second kappa shape index (κ2) is 8.43. The van der Waals surface area contributed by atoms with E-state index in [0.29, 0.717) is 22.2 Å². The molecule has 0 radical (unpaired) electrons. The fourth-order valence-electron chi connectivity index (χ4n) is 2.51. The number of rotatable bonds is 7. The molecule has 0 saturated carbocycles. The topological polar surface area (TPSA) is 64.4 Å². The Kier molecular flexibility index (Phi) is 6.56. The number of ether oxygens (including phenoxy) is 2. The Bertz CT molecular complexity index is 781. The van der Waals surface area contributed by atoms with E-state index in [0.717, 1.165) is 28.7 Å². The lowest BCUT2D eigenvalue weighted by molar-refractivity contribution is 0.354. The molecule has 1 aromatic heterocycles. The second-order valence-electron chi connectivity index (χ2n) is 5.19. The number of benzene rings is 1. The number of hydrogen-bond acceptors (Lipinski definition) is 5. The minimum atomic E-state index is 0.300. The number of nitrogens with zero attached hydrogens (tertiary/aromatic N) is 3. The van der Waals surface area contributed by atoms with E-state index in [2.05, 4.69) is 45.1 Å². The van der Waals surface area contributed by atoms with Crippen LogP contribution in [0.5, 0.6) is 11.5 Å². The van der Waals surface area contributed by atoms with Crippen molar-refractivity contribution < 1.29 is 9.47 Å². The fraction of sp³-hybridized carbons (Fsp3) is 0.438. The Labute approximate surface area is 155 Å². The van der Waals surface area contributed by atoms with E-state index in [4.69, 9.17) is 21.7 Å². The summed E-state index contributed by atoms with van der Waals surface area (Å²) in [7, 11) is 3.20. The van der Waals surface area contributed by atoms with Crippen molar-refractivity contribution in [1.82, 2.24) is 14.9 Å². The van der Waals surface area contributed by atoms with E-state index in [1.54, 1.807) is 25.1 Å². The normalized spacial score (nSPS) is 11.4. The van der Waals surface area contributed by atoms with Gasteiger partial charge in [0.2, 0.25) is 4.77 Å². The lowest BCUT2D eigenvalue weighted by atomic mass is 10.0. The monoisotopic (exact) mass is 412 g/mol. The van der Waals surface area contributed by atoms with E-state index in [1.165, 1.54) is 0 Å². The third-order valence-electron chi connectivity index (χ3n) is 3.81. The molecule has 0 saturated heterocycles. The van der Waals surface area contributed by atoms with Gasteiger partial charge in [-0.1, -0.05) is 29.8 Å². The Morgan fingerprint density at radius 1 is 1.33 bits per heavy atom. The molecule has 0 amide bonds. The maximum atomic E-state index is 5.45. The van der Waals surface area contributed by atoms with Gasteiger partial charge in [0.25, 0.3) is 0 Å². The van der Waals surface area contributed by atoms with Gasteiger partial charge in [0.15, 0.2) is 17.3 Å². The van der Waals surface area contributed by atoms with Crippen molar-refractivity contribution in [2.75, 3.05) is 14.2 Å². The maximum Gasteiger partial charge on any atom is 0.216 e. The quantitative estimate of drug-likeness (QED) is 0.536. The maximum absolute atomic E-state index is 5.45. The first kappa shape index (κ1) is 18.7. The summed E-state index contributed by atoms with van der Waals surface area (Å²) in [5.41, 5.74) is 0.780. The Morgan fingerprint density at radius 2 is 2.04 bits per heavy atom. The van der Waals surface area contributed by atoms with Crippen LogP contribution in [0.25, 0.3) is 0 Å². The number of hydrogen-bond donors (Lipinski definition) is 1. The van der Waals surface area contributed by atoms with E-state index in [1.807, 2.05) is 12.1 Å². The molecule has 1 heterocycles. The van der Waals surface area contributed by atoms with Crippen molar-refractivity contribution in [3.63, 3.8) is 0 Å². The predicted octanol–water partition coefficient (Wildman–Crippen LogP) is 4.51. The molecule has 24 heavy (non-hydrogen) atoms. The molecule has 0 aliphatic carbocycles. The highest BCUT2D eigenvalue weighted by Gasteiger charge is 2.15. The molecule has 1 N–H and O–H groups in total. The van der Waals surface area contributed by atoms with E-state index >= 15 is 0 Å². The van der Waals surface area contributed by atoms with E-state index in [9.17, 15) is 0 Å². The van der Waals surface area contributed by atoms with Crippen molar-refractivity contribution >= 4 is 34.4 Å². The Morgan fingerprint density at radius 3 is 2.62 bits per heavy atom. The molecule has 130 valence electrons. The van der Waals surface area contributed by atoms with Crippen LogP contribution in [-0.4, -0.2) is 35.3 Å². The average Bonchev–Trinajstić information content (AvgIpc) is 2.94. The highest BCUT2D eigenvalue weighted by Crippen LogP contribution is 2.33. The fourth-order valence-corrected chi connectivity index (χ4v) is 3.15. The number of aromatic amines is 1. The SMILES string of the molecule is CCC(CC)c1n[nH]c(=S)n1/N=C\c1cc(Br)cc(OC)c1OC. The average molecular weight is 413 g/mol. The van der Waals surface area contributed by atoms with Crippen LogP contribution in [0.15, 0.2) is 21.7 Å². The zero-order chi connectivity index (χ0) is 17.7. The minimum Gasteiger partial charge on any atom is -0.493 e. The van der Waals surface area contributed by atoms with Crippen LogP contribution < -0.4 is 9.47 Å². The number of aromatic nitrogens is 3. The highest BCUT2D eigenvalue weighted by molar-refractivity contribution is 9.10. The number of methoxy groups -OCH3 is 2. The summed E-state index contributed by atoms with van der Waals surface area (Å²) in [6.45, 7) is 4.25. The molecule has 1 aromatic carbocycles. The first-order valence-corrected chi connectivity index (χ1v) is 8.88. The summed E-state index contributed by atoms with van der Waals surface area (Å²) < 4.78 is 13.8. The molecule has 2 rings (SSSR count). The van der Waals surface area contributed by atoms with Crippen LogP contribution in [0.2, 0.25) is 0 Å². The number of H-pyrrole nitrogens is 1. The summed E-state index contributed by atoms with van der Waals surface area (Å²) in [4.78, 5) is 0. The molecule has 0 fully saturated rings. The standard InChI is InChI=1S/C16H21BrN4O2S/c1-5-10(6-2)15-19-20-16(24)21(15)18-9-11-7-12(17)8-13(22-3)14(11)23-4/h7-10H,5-6H2,1-4H3,(H,20,24)/b18-9-. The van der Waals surface area contributed by atoms with Crippen LogP contribution in [0.1, 0.15) is 44.0 Å². The van der Waals surface area contributed by atoms with Crippen LogP contribution >= 0.6 is 28.1 Å². The number of halogens is 1. The molecule has 0 spiro atoms. The Balaban J connectivity index is 2.48. The van der Waals surface area contributed by atoms with Crippen molar-refractivity contribution in [2.24, 2.45) is 5.10 Å². The smallest absolute Gasteiger partial charge is 0.216 e. The minimum absolute atomic E-state index is 0.300. The van der Waals surface area contributed by atoms with Crippen LogP contribution in [0.4, 0.5) is 0 Å². The zero-order valence-electron chi connectivity index (χ0n) is 14.2. The van der Waals surface area contributed by atoms with Crippen LogP contribution in [0, 0.1) is 4.77 Å². The van der Waals surface area contributed by atoms with Crippen molar-refractivity contribution in [3.8, 4) is 11.5 Å². The van der Waals surface area contributed by atoms with Gasteiger partial charge in [0.1, 0.15) is 0 Å². The van der Waals surface area contributed by atoms with Gasteiger partial charge in [-0.05, 0) is 37.2 Å². The summed E-state index contributed by atoms with van der Waals surface area (Å²) >= 11 is 8.77. The molecular weight excluding hydrogens is 392 g/mol. The van der Waals surface area contributed by atoms with Gasteiger partial charge in [-0.3, -0.25) is 5.10 Å². The van der Waals surface area contributed by atoms with Gasteiger partial charge >= 0.3 is 0 Å². The second-order valence-corrected chi connectivity index (χ2v) is 6.49. The lowest BCUT2D eigenvalue weighted by Crippen LogP contribution is -2.05. The van der Waals surface area contributed by atoms with Crippen molar-refractivity contribution in [1.29, 1.82) is 0 Å². The first-order chi connectivity index (χ1) is 11.5. The van der Waals surface area contributed by atoms with Gasteiger partial charge in [-0.2, -0.15) is 14.9 Å². The summed E-state index contributed by atoms with van der Waals surface area (Å²) in [6, 6.07) is 3.75. The summed E-state index contributed by atoms with van der Waals surface area (Å²) in [5.74, 6) is 2.38. The zero-order valence-corrected chi connectivity index (χ0v) is 16.6. The van der Waals surface area contributed by atoms with Gasteiger partial charge < -0.3 is 9.47 Å². The van der Waals surface area contributed by atoms with Gasteiger partial charge in [0.05, 0.1) is 20.4 Å². The van der Waals surface area contributed by atoms with E-state index < -0.39 is 0 Å². The van der Waals surface area contributed by atoms with Gasteiger partial charge in [-0.15, -0.1) is 0 Å². The molecule has 0 aliphatic rings. The Hall–Kier alpha value is -1.67. The van der Waals surface area contributed by atoms with Crippen molar-refractivity contribution in [2.45, 2.75) is 32.6 Å². The molecular formula is C16H21BrN4O2S. The predicted molar refractivity (Wildman–Crippen MR) is 101 cm³/mol. The summed E-state index contributed by atoms with van der Waals surface area (Å²) in [5, 5.41) is 11.7. The molecule has 0 unspecified atom stereocenters. The number of nitrogens with one attached hydrogen (secondary N) is 1. The van der Waals surface area contributed by atoms with Gasteiger partial charge in [-0.25, -0.2) is 0 Å². The summed E-state index contributed by atoms with van der Waals surface area (Å²) in [6.07, 6.45) is 3.64. The van der Waals surface area contributed by atoms with Crippen LogP contribution in [-0.2, 0) is 0 Å². The highest BCUT2D eigenvalue weighted by atomic mass is 79.9. The van der Waals surface area contributed by atoms with Gasteiger partial charge in [0, 0.05) is 16.0 Å². The molecule has 6 nitrogen and oxygen atoms in total. The third kappa shape index (κ3) is 3.87.